The van der Waals surface area contributed by atoms with E-state index in [9.17, 15) is 13.2 Å². The van der Waals surface area contributed by atoms with Crippen LogP contribution in [0.3, 0.4) is 0 Å². The van der Waals surface area contributed by atoms with E-state index in [2.05, 4.69) is 10.0 Å². The van der Waals surface area contributed by atoms with E-state index in [-0.39, 0.29) is 23.1 Å². The van der Waals surface area contributed by atoms with Gasteiger partial charge in [0.05, 0.1) is 4.90 Å². The minimum atomic E-state index is -3.79. The van der Waals surface area contributed by atoms with Gasteiger partial charge in [-0.1, -0.05) is 61.9 Å². The predicted molar refractivity (Wildman–Crippen MR) is 103 cm³/mol. The van der Waals surface area contributed by atoms with Crippen molar-refractivity contribution in [3.63, 3.8) is 0 Å². The Balaban J connectivity index is 2.21. The second-order valence-electron chi connectivity index (χ2n) is 6.82. The number of carbonyl (C=O) groups excluding carboxylic acids is 1. The van der Waals surface area contributed by atoms with Gasteiger partial charge in [-0.2, -0.15) is 4.72 Å². The molecule has 26 heavy (non-hydrogen) atoms. The summed E-state index contributed by atoms with van der Waals surface area (Å²) in [6.45, 7) is 6.36. The molecule has 0 spiro atoms. The van der Waals surface area contributed by atoms with Gasteiger partial charge in [0.2, 0.25) is 15.9 Å². The molecule has 6 heteroatoms. The van der Waals surface area contributed by atoms with Gasteiger partial charge in [-0.3, -0.25) is 4.79 Å². The summed E-state index contributed by atoms with van der Waals surface area (Å²) < 4.78 is 28.0. The van der Waals surface area contributed by atoms with Crippen molar-refractivity contribution in [2.24, 2.45) is 5.92 Å². The molecular weight excluding hydrogens is 348 g/mol. The third kappa shape index (κ3) is 5.97. The summed E-state index contributed by atoms with van der Waals surface area (Å²) in [6.07, 6.45) is 0.288. The van der Waals surface area contributed by atoms with Crippen molar-refractivity contribution in [1.82, 2.24) is 10.0 Å². The summed E-state index contributed by atoms with van der Waals surface area (Å²) in [5.74, 6) is -0.0386. The first kappa shape index (κ1) is 20.1. The summed E-state index contributed by atoms with van der Waals surface area (Å²) in [5, 5.41) is 2.82. The molecule has 0 heterocycles. The Morgan fingerprint density at radius 2 is 1.62 bits per heavy atom. The van der Waals surface area contributed by atoms with E-state index in [4.69, 9.17) is 0 Å². The van der Waals surface area contributed by atoms with Crippen LogP contribution < -0.4 is 10.0 Å². The zero-order chi connectivity index (χ0) is 19.2. The summed E-state index contributed by atoms with van der Waals surface area (Å²) in [4.78, 5) is 12.7. The number of aryl methyl sites for hydroxylation is 1. The molecule has 0 saturated heterocycles. The van der Waals surface area contributed by atoms with Crippen LogP contribution in [0.4, 0.5) is 0 Å². The van der Waals surface area contributed by atoms with Gasteiger partial charge in [0.15, 0.2) is 0 Å². The fourth-order valence-electron chi connectivity index (χ4n) is 2.44. The van der Waals surface area contributed by atoms with Crippen molar-refractivity contribution in [3.05, 3.63) is 65.7 Å². The van der Waals surface area contributed by atoms with E-state index in [1.54, 1.807) is 24.3 Å². The zero-order valence-corrected chi connectivity index (χ0v) is 16.2. The van der Waals surface area contributed by atoms with E-state index in [1.165, 1.54) is 0 Å². The molecule has 2 aromatic rings. The number of sulfonamides is 1. The number of amides is 1. The average Bonchev–Trinajstić information content (AvgIpc) is 2.60. The van der Waals surface area contributed by atoms with Gasteiger partial charge in [0.1, 0.15) is 6.04 Å². The Labute approximate surface area is 155 Å². The van der Waals surface area contributed by atoms with Crippen LogP contribution in [0.2, 0.25) is 0 Å². The van der Waals surface area contributed by atoms with Crippen LogP contribution >= 0.6 is 0 Å². The lowest BCUT2D eigenvalue weighted by Gasteiger charge is -2.19. The van der Waals surface area contributed by atoms with Crippen LogP contribution in [-0.4, -0.2) is 26.9 Å². The lowest BCUT2D eigenvalue weighted by atomic mass is 10.1. The fraction of sp³-hybridized carbons (Fsp3) is 0.350. The van der Waals surface area contributed by atoms with E-state index in [0.717, 1.165) is 11.1 Å². The minimum absolute atomic E-state index is 0.151. The molecule has 1 atom stereocenters. The van der Waals surface area contributed by atoms with Gasteiger partial charge >= 0.3 is 0 Å². The van der Waals surface area contributed by atoms with Crippen LogP contribution in [-0.2, 0) is 21.2 Å². The molecule has 0 aliphatic rings. The Bertz CT molecular complexity index is 816. The van der Waals surface area contributed by atoms with Crippen LogP contribution in [0, 0.1) is 12.8 Å². The standard InChI is InChI=1S/C20H26N2O3S/c1-15(2)14-21-20(23)19(13-17-7-5-4-6-8-17)22-26(24,25)18-11-9-16(3)10-12-18/h4-12,15,19,22H,13-14H2,1-3H3,(H,21,23)/t19-/m0/s1. The van der Waals surface area contributed by atoms with Crippen molar-refractivity contribution in [2.45, 2.75) is 38.1 Å². The lowest BCUT2D eigenvalue weighted by Crippen LogP contribution is -2.48. The second kappa shape index (κ2) is 8.96. The highest BCUT2D eigenvalue weighted by molar-refractivity contribution is 7.89. The van der Waals surface area contributed by atoms with Crippen LogP contribution in [0.25, 0.3) is 0 Å². The highest BCUT2D eigenvalue weighted by atomic mass is 32.2. The molecule has 0 bridgehead atoms. The van der Waals surface area contributed by atoms with Crippen molar-refractivity contribution in [1.29, 1.82) is 0 Å². The van der Waals surface area contributed by atoms with Gasteiger partial charge in [0, 0.05) is 6.54 Å². The Morgan fingerprint density at radius 1 is 1.00 bits per heavy atom. The molecular formula is C20H26N2O3S. The molecule has 0 unspecified atom stereocenters. The van der Waals surface area contributed by atoms with E-state index < -0.39 is 16.1 Å². The maximum absolute atomic E-state index is 12.7. The van der Waals surface area contributed by atoms with Crippen molar-refractivity contribution >= 4 is 15.9 Å². The topological polar surface area (TPSA) is 75.3 Å². The molecule has 140 valence electrons. The van der Waals surface area contributed by atoms with Crippen LogP contribution in [0.5, 0.6) is 0 Å². The van der Waals surface area contributed by atoms with Crippen LogP contribution in [0.15, 0.2) is 59.5 Å². The average molecular weight is 375 g/mol. The number of nitrogens with one attached hydrogen (secondary N) is 2. The fourth-order valence-corrected chi connectivity index (χ4v) is 3.63. The molecule has 0 aromatic heterocycles. The molecule has 2 rings (SSSR count). The number of hydrogen-bond acceptors (Lipinski definition) is 3. The van der Waals surface area contributed by atoms with Gasteiger partial charge in [-0.15, -0.1) is 0 Å². The normalized spacial score (nSPS) is 12.8. The predicted octanol–water partition coefficient (Wildman–Crippen LogP) is 2.66. The van der Waals surface area contributed by atoms with Crippen molar-refractivity contribution in [3.8, 4) is 0 Å². The third-order valence-electron chi connectivity index (χ3n) is 3.91. The monoisotopic (exact) mass is 374 g/mol. The first-order valence-corrected chi connectivity index (χ1v) is 10.2. The molecule has 2 aromatic carbocycles. The number of carbonyl (C=O) groups is 1. The maximum Gasteiger partial charge on any atom is 0.241 e. The Hall–Kier alpha value is -2.18. The molecule has 0 aliphatic heterocycles. The Morgan fingerprint density at radius 3 is 2.19 bits per heavy atom. The Kier molecular flexibility index (Phi) is 6.94. The number of hydrogen-bond donors (Lipinski definition) is 2. The molecule has 0 fully saturated rings. The molecule has 5 nitrogen and oxygen atoms in total. The third-order valence-corrected chi connectivity index (χ3v) is 5.40. The van der Waals surface area contributed by atoms with Crippen molar-refractivity contribution in [2.75, 3.05) is 6.54 Å². The summed E-state index contributed by atoms with van der Waals surface area (Å²) >= 11 is 0. The summed E-state index contributed by atoms with van der Waals surface area (Å²) in [7, 11) is -3.79. The van der Waals surface area contributed by atoms with Gasteiger partial charge < -0.3 is 5.32 Å². The highest BCUT2D eigenvalue weighted by Gasteiger charge is 2.26. The molecule has 0 aliphatic carbocycles. The van der Waals surface area contributed by atoms with Crippen molar-refractivity contribution < 1.29 is 13.2 Å². The summed E-state index contributed by atoms with van der Waals surface area (Å²) in [5.41, 5.74) is 1.86. The number of benzene rings is 2. The van der Waals surface area contributed by atoms with E-state index in [0.29, 0.717) is 6.54 Å². The quantitative estimate of drug-likeness (QED) is 0.746. The SMILES string of the molecule is Cc1ccc(S(=O)(=O)N[C@@H](Cc2ccccc2)C(=O)NCC(C)C)cc1. The molecule has 0 saturated carbocycles. The lowest BCUT2D eigenvalue weighted by molar-refractivity contribution is -0.122. The molecule has 2 N–H and O–H groups in total. The molecule has 0 radical (unpaired) electrons. The summed E-state index contributed by atoms with van der Waals surface area (Å²) in [6, 6.07) is 15.1. The van der Waals surface area contributed by atoms with Gasteiger partial charge in [-0.25, -0.2) is 8.42 Å². The molecule has 1 amide bonds. The van der Waals surface area contributed by atoms with Gasteiger partial charge in [0.25, 0.3) is 0 Å². The smallest absolute Gasteiger partial charge is 0.241 e. The highest BCUT2D eigenvalue weighted by Crippen LogP contribution is 2.12. The first-order chi connectivity index (χ1) is 12.3. The first-order valence-electron chi connectivity index (χ1n) is 8.68. The number of rotatable bonds is 8. The van der Waals surface area contributed by atoms with Crippen LogP contribution in [0.1, 0.15) is 25.0 Å². The van der Waals surface area contributed by atoms with Gasteiger partial charge in [-0.05, 0) is 37.0 Å². The van der Waals surface area contributed by atoms with E-state index in [1.807, 2.05) is 51.1 Å². The second-order valence-corrected chi connectivity index (χ2v) is 8.53. The van der Waals surface area contributed by atoms with E-state index >= 15 is 0 Å². The largest absolute Gasteiger partial charge is 0.354 e. The maximum atomic E-state index is 12.7. The zero-order valence-electron chi connectivity index (χ0n) is 15.4. The minimum Gasteiger partial charge on any atom is -0.354 e.